The molecule has 0 aromatic heterocycles. The summed E-state index contributed by atoms with van der Waals surface area (Å²) < 4.78 is 26.0. The van der Waals surface area contributed by atoms with E-state index in [-0.39, 0.29) is 16.3 Å². The number of nitrogens with one attached hydrogen (secondary N) is 2. The topological polar surface area (TPSA) is 101 Å². The smallest absolute Gasteiger partial charge is 0.240 e. The summed E-state index contributed by atoms with van der Waals surface area (Å²) in [6.07, 6.45) is 3.12. The first-order valence-electron chi connectivity index (χ1n) is 7.03. The van der Waals surface area contributed by atoms with Gasteiger partial charge in [0.1, 0.15) is 0 Å². The van der Waals surface area contributed by atoms with Crippen molar-refractivity contribution < 1.29 is 13.2 Å². The van der Waals surface area contributed by atoms with E-state index >= 15 is 0 Å². The largest absolute Gasteiger partial charge is 0.326 e. The molecule has 1 aromatic carbocycles. The third kappa shape index (κ3) is 4.03. The maximum absolute atomic E-state index is 11.9. The zero-order chi connectivity index (χ0) is 15.5. The Morgan fingerprint density at radius 2 is 1.90 bits per heavy atom. The van der Waals surface area contributed by atoms with E-state index in [0.717, 1.165) is 19.3 Å². The van der Waals surface area contributed by atoms with E-state index in [1.807, 2.05) is 0 Å². The summed E-state index contributed by atoms with van der Waals surface area (Å²) >= 11 is 0. The number of nitrogens with two attached hydrogens (primary N) is 1. The van der Waals surface area contributed by atoms with Gasteiger partial charge < -0.3 is 11.1 Å². The Morgan fingerprint density at radius 3 is 2.38 bits per heavy atom. The van der Waals surface area contributed by atoms with Crippen LogP contribution in [0.2, 0.25) is 0 Å². The van der Waals surface area contributed by atoms with Crippen molar-refractivity contribution in [3.05, 3.63) is 24.3 Å². The van der Waals surface area contributed by atoms with Gasteiger partial charge in [0.2, 0.25) is 15.9 Å². The van der Waals surface area contributed by atoms with Crippen LogP contribution in [0.3, 0.4) is 0 Å². The Labute approximate surface area is 125 Å². The fourth-order valence-electron chi connectivity index (χ4n) is 2.32. The Balaban J connectivity index is 1.97. The minimum absolute atomic E-state index is 0.139. The number of sulfonamides is 1. The SMILES string of the molecule is CCNS(=O)(=O)c1ccc(NC(=O)CC2(N)CCC2)cc1. The van der Waals surface area contributed by atoms with Gasteiger partial charge >= 0.3 is 0 Å². The Hall–Kier alpha value is -1.44. The van der Waals surface area contributed by atoms with Crippen molar-refractivity contribution in [2.24, 2.45) is 5.73 Å². The van der Waals surface area contributed by atoms with Crippen LogP contribution < -0.4 is 15.8 Å². The van der Waals surface area contributed by atoms with Crippen LogP contribution in [0.5, 0.6) is 0 Å². The Kier molecular flexibility index (Phi) is 4.65. The standard InChI is InChI=1S/C14H21N3O3S/c1-2-16-21(19,20)12-6-4-11(5-7-12)17-13(18)10-14(15)8-3-9-14/h4-7,16H,2-3,8-10,15H2,1H3,(H,17,18). The molecule has 0 heterocycles. The molecule has 0 radical (unpaired) electrons. The van der Waals surface area contributed by atoms with Crippen molar-refractivity contribution in [2.75, 3.05) is 11.9 Å². The predicted molar refractivity (Wildman–Crippen MR) is 81.3 cm³/mol. The van der Waals surface area contributed by atoms with Gasteiger partial charge in [-0.25, -0.2) is 13.1 Å². The summed E-state index contributed by atoms with van der Waals surface area (Å²) in [6.45, 7) is 2.05. The molecule has 4 N–H and O–H groups in total. The van der Waals surface area contributed by atoms with E-state index in [9.17, 15) is 13.2 Å². The van der Waals surface area contributed by atoms with E-state index in [1.54, 1.807) is 19.1 Å². The van der Waals surface area contributed by atoms with Gasteiger partial charge in [-0.05, 0) is 43.5 Å². The van der Waals surface area contributed by atoms with E-state index < -0.39 is 10.0 Å². The molecule has 2 rings (SSSR count). The number of amides is 1. The van der Waals surface area contributed by atoms with Crippen LogP contribution >= 0.6 is 0 Å². The van der Waals surface area contributed by atoms with Crippen molar-refractivity contribution in [1.82, 2.24) is 4.72 Å². The van der Waals surface area contributed by atoms with E-state index in [4.69, 9.17) is 5.73 Å². The van der Waals surface area contributed by atoms with Crippen molar-refractivity contribution in [3.8, 4) is 0 Å². The average molecular weight is 311 g/mol. The van der Waals surface area contributed by atoms with Crippen LogP contribution in [0.1, 0.15) is 32.6 Å². The number of hydrogen-bond donors (Lipinski definition) is 3. The van der Waals surface area contributed by atoms with Gasteiger partial charge in [0.05, 0.1) is 4.90 Å². The molecular weight excluding hydrogens is 290 g/mol. The first-order chi connectivity index (χ1) is 9.85. The summed E-state index contributed by atoms with van der Waals surface area (Å²) in [4.78, 5) is 12.1. The van der Waals surface area contributed by atoms with Crippen molar-refractivity contribution in [2.45, 2.75) is 43.0 Å². The minimum atomic E-state index is -3.46. The van der Waals surface area contributed by atoms with Gasteiger partial charge in [-0.2, -0.15) is 0 Å². The van der Waals surface area contributed by atoms with E-state index in [0.29, 0.717) is 18.7 Å². The molecule has 0 unspecified atom stereocenters. The molecule has 0 aliphatic heterocycles. The lowest BCUT2D eigenvalue weighted by Gasteiger charge is -2.37. The lowest BCUT2D eigenvalue weighted by atomic mass is 9.75. The molecule has 21 heavy (non-hydrogen) atoms. The predicted octanol–water partition coefficient (Wildman–Crippen LogP) is 1.19. The first kappa shape index (κ1) is 15.9. The zero-order valence-electron chi connectivity index (χ0n) is 12.1. The molecule has 1 fully saturated rings. The van der Waals surface area contributed by atoms with Gasteiger partial charge in [-0.3, -0.25) is 4.79 Å². The number of carbonyl (C=O) groups excluding carboxylic acids is 1. The third-order valence-electron chi connectivity index (χ3n) is 3.64. The van der Waals surface area contributed by atoms with Gasteiger partial charge in [0, 0.05) is 24.2 Å². The Morgan fingerprint density at radius 1 is 1.29 bits per heavy atom. The molecule has 1 saturated carbocycles. The molecule has 1 amide bonds. The molecule has 1 aliphatic rings. The summed E-state index contributed by atoms with van der Waals surface area (Å²) in [5.74, 6) is -0.139. The Bertz CT molecular complexity index is 607. The first-order valence-corrected chi connectivity index (χ1v) is 8.51. The lowest BCUT2D eigenvalue weighted by Crippen LogP contribution is -2.48. The van der Waals surface area contributed by atoms with Gasteiger partial charge in [-0.15, -0.1) is 0 Å². The second kappa shape index (κ2) is 6.13. The normalized spacial score (nSPS) is 17.0. The molecule has 0 bridgehead atoms. The molecule has 0 saturated heterocycles. The highest BCUT2D eigenvalue weighted by Crippen LogP contribution is 2.32. The highest BCUT2D eigenvalue weighted by molar-refractivity contribution is 7.89. The molecule has 1 aliphatic carbocycles. The highest BCUT2D eigenvalue weighted by atomic mass is 32.2. The van der Waals surface area contributed by atoms with Crippen LogP contribution in [0.15, 0.2) is 29.2 Å². The summed E-state index contributed by atoms with van der Waals surface area (Å²) in [5.41, 5.74) is 6.23. The monoisotopic (exact) mass is 311 g/mol. The third-order valence-corrected chi connectivity index (χ3v) is 5.21. The summed E-state index contributed by atoms with van der Waals surface area (Å²) in [7, 11) is -3.46. The van der Waals surface area contributed by atoms with Crippen molar-refractivity contribution >= 4 is 21.6 Å². The zero-order valence-corrected chi connectivity index (χ0v) is 12.9. The molecule has 1 aromatic rings. The highest BCUT2D eigenvalue weighted by Gasteiger charge is 2.34. The second-order valence-electron chi connectivity index (χ2n) is 5.47. The van der Waals surface area contributed by atoms with E-state index in [1.165, 1.54) is 12.1 Å². The molecule has 7 heteroatoms. The maximum atomic E-state index is 11.9. The molecule has 6 nitrogen and oxygen atoms in total. The van der Waals surface area contributed by atoms with Crippen LogP contribution in [-0.2, 0) is 14.8 Å². The lowest BCUT2D eigenvalue weighted by molar-refractivity contribution is -0.118. The van der Waals surface area contributed by atoms with Gasteiger partial charge in [0.15, 0.2) is 0 Å². The molecular formula is C14H21N3O3S. The summed E-state index contributed by atoms with van der Waals surface area (Å²) in [5, 5.41) is 2.74. The maximum Gasteiger partial charge on any atom is 0.240 e. The molecule has 116 valence electrons. The second-order valence-corrected chi connectivity index (χ2v) is 7.23. The quantitative estimate of drug-likeness (QED) is 0.734. The number of rotatable bonds is 6. The van der Waals surface area contributed by atoms with Gasteiger partial charge in [-0.1, -0.05) is 6.92 Å². The fourth-order valence-corrected chi connectivity index (χ4v) is 3.36. The summed E-state index contributed by atoms with van der Waals surface area (Å²) in [6, 6.07) is 6.09. The van der Waals surface area contributed by atoms with E-state index in [2.05, 4.69) is 10.0 Å². The number of anilines is 1. The van der Waals surface area contributed by atoms with Crippen LogP contribution in [-0.4, -0.2) is 26.4 Å². The average Bonchev–Trinajstić information content (AvgIpc) is 2.37. The number of benzene rings is 1. The van der Waals surface area contributed by atoms with Crippen LogP contribution in [0, 0.1) is 0 Å². The van der Waals surface area contributed by atoms with Gasteiger partial charge in [0.25, 0.3) is 0 Å². The van der Waals surface area contributed by atoms with Crippen LogP contribution in [0.25, 0.3) is 0 Å². The van der Waals surface area contributed by atoms with Crippen LogP contribution in [0.4, 0.5) is 5.69 Å². The number of carbonyl (C=O) groups is 1. The van der Waals surface area contributed by atoms with Crippen molar-refractivity contribution in [3.63, 3.8) is 0 Å². The minimum Gasteiger partial charge on any atom is -0.326 e. The number of hydrogen-bond acceptors (Lipinski definition) is 4. The van der Waals surface area contributed by atoms with Crippen molar-refractivity contribution in [1.29, 1.82) is 0 Å². The molecule has 0 atom stereocenters. The molecule has 0 spiro atoms. The fraction of sp³-hybridized carbons (Fsp3) is 0.500.